The zero-order valence-electron chi connectivity index (χ0n) is 12.1. The van der Waals surface area contributed by atoms with Gasteiger partial charge in [0.2, 0.25) is 0 Å². The molecule has 0 aromatic carbocycles. The topological polar surface area (TPSA) is 56.0 Å². The monoisotopic (exact) mass is 309 g/mol. The van der Waals surface area contributed by atoms with Gasteiger partial charge in [-0.2, -0.15) is 0 Å². The Labute approximate surface area is 131 Å². The average molecular weight is 310 g/mol. The average Bonchev–Trinajstić information content (AvgIpc) is 2.95. The number of rotatable bonds is 1. The minimum atomic E-state index is 0.566. The van der Waals surface area contributed by atoms with E-state index in [1.54, 1.807) is 18.6 Å². The Hall–Kier alpha value is -2.53. The molecule has 4 heterocycles. The van der Waals surface area contributed by atoms with E-state index in [2.05, 4.69) is 19.9 Å². The fourth-order valence-electron chi connectivity index (χ4n) is 2.61. The Bertz CT molecular complexity index is 1020. The fourth-order valence-corrected chi connectivity index (χ4v) is 2.80. The summed E-state index contributed by atoms with van der Waals surface area (Å²) in [7, 11) is 0. The Morgan fingerprint density at radius 1 is 1.09 bits per heavy atom. The first-order chi connectivity index (χ1) is 10.6. The SMILES string of the molecule is Cc1cc(-c2ncc3c(C)nc4cccnc4n23)c(Cl)cn1. The lowest BCUT2D eigenvalue weighted by atomic mass is 10.2. The zero-order chi connectivity index (χ0) is 15.3. The lowest BCUT2D eigenvalue weighted by Crippen LogP contribution is -1.99. The molecule has 0 aliphatic heterocycles. The van der Waals surface area contributed by atoms with Crippen LogP contribution in [0.2, 0.25) is 5.02 Å². The van der Waals surface area contributed by atoms with E-state index in [9.17, 15) is 0 Å². The Morgan fingerprint density at radius 2 is 1.95 bits per heavy atom. The first kappa shape index (κ1) is 13.2. The number of imidazole rings is 1. The van der Waals surface area contributed by atoms with Gasteiger partial charge in [0.15, 0.2) is 5.65 Å². The van der Waals surface area contributed by atoms with Gasteiger partial charge in [-0.3, -0.25) is 9.38 Å². The summed E-state index contributed by atoms with van der Waals surface area (Å²) >= 11 is 6.33. The van der Waals surface area contributed by atoms with Gasteiger partial charge in [-0.05, 0) is 32.0 Å². The van der Waals surface area contributed by atoms with Gasteiger partial charge in [0.05, 0.1) is 22.4 Å². The van der Waals surface area contributed by atoms with Crippen molar-refractivity contribution in [1.82, 2.24) is 24.3 Å². The molecule has 0 saturated heterocycles. The number of halogens is 1. The van der Waals surface area contributed by atoms with Gasteiger partial charge in [-0.25, -0.2) is 15.0 Å². The summed E-state index contributed by atoms with van der Waals surface area (Å²) in [5, 5.41) is 0.566. The molecule has 0 spiro atoms. The van der Waals surface area contributed by atoms with Crippen LogP contribution in [0.5, 0.6) is 0 Å². The molecule has 0 aliphatic carbocycles. The van der Waals surface area contributed by atoms with Crippen LogP contribution in [-0.2, 0) is 0 Å². The second-order valence-electron chi connectivity index (χ2n) is 5.15. The van der Waals surface area contributed by atoms with Crippen LogP contribution in [0.25, 0.3) is 28.1 Å². The first-order valence-electron chi connectivity index (χ1n) is 6.86. The highest BCUT2D eigenvalue weighted by molar-refractivity contribution is 6.33. The van der Waals surface area contributed by atoms with E-state index in [4.69, 9.17) is 11.6 Å². The summed E-state index contributed by atoms with van der Waals surface area (Å²) in [6.45, 7) is 3.89. The van der Waals surface area contributed by atoms with Crippen molar-refractivity contribution in [2.45, 2.75) is 13.8 Å². The second-order valence-corrected chi connectivity index (χ2v) is 5.56. The van der Waals surface area contributed by atoms with Crippen LogP contribution < -0.4 is 0 Å². The van der Waals surface area contributed by atoms with Crippen molar-refractivity contribution < 1.29 is 0 Å². The van der Waals surface area contributed by atoms with Gasteiger partial charge in [-0.1, -0.05) is 11.6 Å². The summed E-state index contributed by atoms with van der Waals surface area (Å²) in [5.74, 6) is 0.750. The molecule has 0 fully saturated rings. The molecule has 0 unspecified atom stereocenters. The van der Waals surface area contributed by atoms with Gasteiger partial charge >= 0.3 is 0 Å². The molecular formula is C16H12ClN5. The molecule has 108 valence electrons. The molecular weight excluding hydrogens is 298 g/mol. The van der Waals surface area contributed by atoms with Crippen molar-refractivity contribution in [1.29, 1.82) is 0 Å². The zero-order valence-corrected chi connectivity index (χ0v) is 12.8. The van der Waals surface area contributed by atoms with Gasteiger partial charge < -0.3 is 0 Å². The number of nitrogens with zero attached hydrogens (tertiary/aromatic N) is 5. The fraction of sp³-hybridized carbons (Fsp3) is 0.125. The number of hydrogen-bond donors (Lipinski definition) is 0. The van der Waals surface area contributed by atoms with Crippen molar-refractivity contribution in [2.24, 2.45) is 0 Å². The smallest absolute Gasteiger partial charge is 0.164 e. The standard InChI is InChI=1S/C16H12ClN5/c1-9-6-11(12(17)7-19-9)15-20-8-14-10(2)21-13-4-3-5-18-16(13)22(14)15/h3-8H,1-2H3. The maximum Gasteiger partial charge on any atom is 0.164 e. The van der Waals surface area contributed by atoms with Gasteiger partial charge in [-0.15, -0.1) is 0 Å². The van der Waals surface area contributed by atoms with E-state index < -0.39 is 0 Å². The van der Waals surface area contributed by atoms with Crippen molar-refractivity contribution >= 4 is 28.3 Å². The van der Waals surface area contributed by atoms with E-state index in [0.717, 1.165) is 39.5 Å². The van der Waals surface area contributed by atoms with E-state index in [1.807, 2.05) is 36.4 Å². The maximum atomic E-state index is 6.33. The molecule has 0 N–H and O–H groups in total. The molecule has 0 amide bonds. The number of hydrogen-bond acceptors (Lipinski definition) is 4. The van der Waals surface area contributed by atoms with Crippen molar-refractivity contribution in [3.8, 4) is 11.4 Å². The number of pyridine rings is 2. The first-order valence-corrected chi connectivity index (χ1v) is 7.24. The minimum Gasteiger partial charge on any atom is -0.273 e. The Morgan fingerprint density at radius 3 is 2.82 bits per heavy atom. The van der Waals surface area contributed by atoms with Crippen LogP contribution in [0.3, 0.4) is 0 Å². The summed E-state index contributed by atoms with van der Waals surface area (Å²) in [4.78, 5) is 17.8. The largest absolute Gasteiger partial charge is 0.273 e. The number of aryl methyl sites for hydroxylation is 2. The highest BCUT2D eigenvalue weighted by atomic mass is 35.5. The molecule has 0 atom stereocenters. The predicted molar refractivity (Wildman–Crippen MR) is 86.0 cm³/mol. The summed E-state index contributed by atoms with van der Waals surface area (Å²) in [6.07, 6.45) is 5.21. The van der Waals surface area contributed by atoms with E-state index >= 15 is 0 Å². The van der Waals surface area contributed by atoms with E-state index in [0.29, 0.717) is 5.02 Å². The quantitative estimate of drug-likeness (QED) is 0.539. The maximum absolute atomic E-state index is 6.33. The minimum absolute atomic E-state index is 0.566. The lowest BCUT2D eigenvalue weighted by Gasteiger charge is -2.08. The molecule has 4 rings (SSSR count). The Balaban J connectivity index is 2.18. The van der Waals surface area contributed by atoms with Gasteiger partial charge in [0.1, 0.15) is 11.3 Å². The van der Waals surface area contributed by atoms with Crippen LogP contribution in [0.1, 0.15) is 11.4 Å². The van der Waals surface area contributed by atoms with Crippen LogP contribution in [-0.4, -0.2) is 24.3 Å². The third kappa shape index (κ3) is 1.86. The van der Waals surface area contributed by atoms with Crippen molar-refractivity contribution in [3.63, 3.8) is 0 Å². The molecule has 4 aromatic rings. The second kappa shape index (κ2) is 4.74. The molecule has 0 bridgehead atoms. The third-order valence-electron chi connectivity index (χ3n) is 3.63. The van der Waals surface area contributed by atoms with E-state index in [1.165, 1.54) is 0 Å². The number of aromatic nitrogens is 5. The summed E-state index contributed by atoms with van der Waals surface area (Å²) in [5.41, 5.74) is 5.15. The third-order valence-corrected chi connectivity index (χ3v) is 3.93. The highest BCUT2D eigenvalue weighted by Gasteiger charge is 2.15. The predicted octanol–water partition coefficient (Wildman–Crippen LogP) is 3.61. The van der Waals surface area contributed by atoms with Crippen molar-refractivity contribution in [2.75, 3.05) is 0 Å². The van der Waals surface area contributed by atoms with Crippen LogP contribution in [0.15, 0.2) is 36.8 Å². The van der Waals surface area contributed by atoms with Crippen molar-refractivity contribution in [3.05, 3.63) is 53.2 Å². The molecule has 22 heavy (non-hydrogen) atoms. The molecule has 0 saturated carbocycles. The van der Waals surface area contributed by atoms with E-state index in [-0.39, 0.29) is 0 Å². The summed E-state index contributed by atoms with van der Waals surface area (Å²) < 4.78 is 2.00. The molecule has 0 radical (unpaired) electrons. The van der Waals surface area contributed by atoms with Gasteiger partial charge in [0.25, 0.3) is 0 Å². The molecule has 0 aliphatic rings. The Kier molecular flexibility index (Phi) is 2.84. The lowest BCUT2D eigenvalue weighted by molar-refractivity contribution is 1.11. The normalized spacial score (nSPS) is 11.4. The summed E-state index contributed by atoms with van der Waals surface area (Å²) in [6, 6.07) is 5.75. The molecule has 5 nitrogen and oxygen atoms in total. The molecule has 4 aromatic heterocycles. The molecule has 6 heteroatoms. The van der Waals surface area contributed by atoms with Crippen LogP contribution in [0, 0.1) is 13.8 Å². The van der Waals surface area contributed by atoms with Gasteiger partial charge in [0, 0.05) is 23.7 Å². The van der Waals surface area contributed by atoms with Crippen LogP contribution in [0.4, 0.5) is 0 Å². The highest BCUT2D eigenvalue weighted by Crippen LogP contribution is 2.29. The van der Waals surface area contributed by atoms with Crippen LogP contribution >= 0.6 is 11.6 Å². The number of fused-ring (bicyclic) bond motifs is 3.